The number of amides is 3. The predicted octanol–water partition coefficient (Wildman–Crippen LogP) is 3.49. The molecular weight excluding hydrogens is 510 g/mol. The summed E-state index contributed by atoms with van der Waals surface area (Å²) >= 11 is 1.56. The zero-order valence-electron chi connectivity index (χ0n) is 22.4. The molecule has 0 saturated carbocycles. The first-order chi connectivity index (χ1) is 18.7. The van der Waals surface area contributed by atoms with Crippen molar-refractivity contribution >= 4 is 40.9 Å². The normalized spacial score (nSPS) is 31.7. The second-order valence-corrected chi connectivity index (χ2v) is 12.8. The zero-order valence-corrected chi connectivity index (χ0v) is 23.2. The lowest BCUT2D eigenvalue weighted by molar-refractivity contribution is -0.139. The number of hydrogen-bond donors (Lipinski definition) is 1. The Morgan fingerprint density at radius 2 is 1.51 bits per heavy atom. The van der Waals surface area contributed by atoms with Crippen LogP contribution in [-0.4, -0.2) is 69.5 Å². The first-order valence-electron chi connectivity index (χ1n) is 13.4. The fourth-order valence-electron chi connectivity index (χ4n) is 7.14. The molecule has 6 rings (SSSR count). The number of hydrogen-bond acceptors (Lipinski definition) is 5. The monoisotopic (exact) mass is 543 g/mol. The van der Waals surface area contributed by atoms with Gasteiger partial charge in [-0.1, -0.05) is 60.7 Å². The third kappa shape index (κ3) is 3.72. The summed E-state index contributed by atoms with van der Waals surface area (Å²) < 4.78 is -1.61. The van der Waals surface area contributed by atoms with Crippen LogP contribution in [0, 0.1) is 25.7 Å². The fourth-order valence-corrected chi connectivity index (χ4v) is 9.30. The Kier molecular flexibility index (Phi) is 6.23. The highest BCUT2D eigenvalue weighted by Crippen LogP contribution is 2.65. The topological polar surface area (TPSA) is 81.2 Å². The van der Waals surface area contributed by atoms with Crippen LogP contribution in [-0.2, 0) is 14.4 Å². The molecule has 1 N–H and O–H groups in total. The molecule has 0 aliphatic carbocycles. The van der Waals surface area contributed by atoms with Gasteiger partial charge in [0.15, 0.2) is 0 Å². The maximum atomic E-state index is 14.5. The van der Waals surface area contributed by atoms with Crippen LogP contribution in [0.4, 0.5) is 11.4 Å². The Hall–Kier alpha value is -3.36. The van der Waals surface area contributed by atoms with Crippen molar-refractivity contribution < 1.29 is 19.5 Å². The third-order valence-electron chi connectivity index (χ3n) is 8.68. The highest BCUT2D eigenvalue weighted by molar-refractivity contribution is 8.02. The number of carbonyl (C=O) groups excluding carboxylic acids is 3. The van der Waals surface area contributed by atoms with Crippen molar-refractivity contribution in [2.75, 3.05) is 36.0 Å². The number of para-hydroxylation sites is 2. The number of likely N-dealkylation sites (tertiary alicyclic amines) is 1. The molecule has 0 radical (unpaired) electrons. The summed E-state index contributed by atoms with van der Waals surface area (Å²) in [5, 5.41) is 9.96. The number of aliphatic hydroxyl groups excluding tert-OH is 1. The minimum atomic E-state index is -0.937. The number of fused-ring (bicyclic) bond motifs is 2. The van der Waals surface area contributed by atoms with Crippen molar-refractivity contribution in [3.8, 4) is 0 Å². The van der Waals surface area contributed by atoms with Crippen molar-refractivity contribution in [1.29, 1.82) is 0 Å². The van der Waals surface area contributed by atoms with Crippen LogP contribution >= 0.6 is 11.8 Å². The molecule has 2 saturated heterocycles. The van der Waals surface area contributed by atoms with Gasteiger partial charge in [0, 0.05) is 35.8 Å². The molecule has 7 nitrogen and oxygen atoms in total. The van der Waals surface area contributed by atoms with Gasteiger partial charge < -0.3 is 19.8 Å². The molecular formula is C31H33N3O4S. The number of rotatable bonds is 4. The second-order valence-electron chi connectivity index (χ2n) is 11.0. The molecule has 2 aromatic rings. The highest BCUT2D eigenvalue weighted by Gasteiger charge is 2.74. The zero-order chi connectivity index (χ0) is 27.5. The van der Waals surface area contributed by atoms with Gasteiger partial charge >= 0.3 is 0 Å². The summed E-state index contributed by atoms with van der Waals surface area (Å²) in [5.41, 5.74) is 3.59. The van der Waals surface area contributed by atoms with Crippen LogP contribution in [0.1, 0.15) is 18.1 Å². The minimum Gasteiger partial charge on any atom is -0.395 e. The van der Waals surface area contributed by atoms with Gasteiger partial charge in [-0.2, -0.15) is 0 Å². The molecule has 202 valence electrons. The molecule has 0 bridgehead atoms. The lowest BCUT2D eigenvalue weighted by Crippen LogP contribution is -2.54. The van der Waals surface area contributed by atoms with Crippen molar-refractivity contribution in [3.05, 3.63) is 84.0 Å². The van der Waals surface area contributed by atoms with Crippen LogP contribution in [0.2, 0.25) is 0 Å². The van der Waals surface area contributed by atoms with Crippen LogP contribution in [0.5, 0.6) is 0 Å². The molecule has 4 aliphatic rings. The van der Waals surface area contributed by atoms with Crippen molar-refractivity contribution in [2.45, 2.75) is 36.3 Å². The smallest absolute Gasteiger partial charge is 0.251 e. The second kappa shape index (κ2) is 9.38. The van der Waals surface area contributed by atoms with E-state index in [1.54, 1.807) is 21.6 Å². The number of aryl methyl sites for hydroxylation is 2. The van der Waals surface area contributed by atoms with E-state index in [4.69, 9.17) is 0 Å². The first kappa shape index (κ1) is 25.9. The first-order valence-corrected chi connectivity index (χ1v) is 14.3. The number of aliphatic hydroxyl groups is 1. The Labute approximate surface area is 233 Å². The van der Waals surface area contributed by atoms with E-state index in [9.17, 15) is 19.5 Å². The summed E-state index contributed by atoms with van der Waals surface area (Å²) in [5.74, 6) is -1.93. The van der Waals surface area contributed by atoms with Gasteiger partial charge in [0.05, 0.1) is 23.2 Å². The van der Waals surface area contributed by atoms with Gasteiger partial charge in [-0.3, -0.25) is 14.4 Å². The summed E-state index contributed by atoms with van der Waals surface area (Å²) in [6, 6.07) is 14.6. The number of thioether (sulfide) groups is 1. The van der Waals surface area contributed by atoms with Crippen LogP contribution in [0.3, 0.4) is 0 Å². The molecule has 0 aromatic heterocycles. The average Bonchev–Trinajstić information content (AvgIpc) is 3.17. The SMILES string of the molecule is Cc1cccc(C)c1N1CC=C[C@]23S[C@]4(C)C=CCN(c5ccccc5)C(=O)[C@@H]4[C@H]2C(=O)N(CCO)C3C1=O. The summed E-state index contributed by atoms with van der Waals surface area (Å²) in [6.07, 6.45) is 8.06. The lowest BCUT2D eigenvalue weighted by Gasteiger charge is -2.37. The molecule has 1 unspecified atom stereocenters. The number of nitrogens with zero attached hydrogens (tertiary/aromatic N) is 3. The molecule has 4 heterocycles. The molecule has 8 heteroatoms. The van der Waals surface area contributed by atoms with Gasteiger partial charge in [0.2, 0.25) is 11.8 Å². The van der Waals surface area contributed by atoms with E-state index in [1.165, 1.54) is 4.90 Å². The van der Waals surface area contributed by atoms with E-state index in [2.05, 4.69) is 6.08 Å². The summed E-state index contributed by atoms with van der Waals surface area (Å²) in [6.45, 7) is 6.56. The van der Waals surface area contributed by atoms with Crippen molar-refractivity contribution in [2.24, 2.45) is 11.8 Å². The number of benzene rings is 2. The molecule has 39 heavy (non-hydrogen) atoms. The summed E-state index contributed by atoms with van der Waals surface area (Å²) in [4.78, 5) is 48.2. The van der Waals surface area contributed by atoms with Gasteiger partial charge in [-0.15, -0.1) is 11.8 Å². The van der Waals surface area contributed by atoms with Crippen LogP contribution < -0.4 is 9.80 Å². The van der Waals surface area contributed by atoms with Gasteiger partial charge in [0.25, 0.3) is 5.91 Å². The van der Waals surface area contributed by atoms with Gasteiger partial charge in [0.1, 0.15) is 6.04 Å². The summed E-state index contributed by atoms with van der Waals surface area (Å²) in [7, 11) is 0. The Morgan fingerprint density at radius 3 is 2.21 bits per heavy atom. The average molecular weight is 544 g/mol. The maximum absolute atomic E-state index is 14.5. The molecule has 5 atom stereocenters. The van der Waals surface area contributed by atoms with Crippen LogP contribution in [0.25, 0.3) is 0 Å². The quantitative estimate of drug-likeness (QED) is 0.598. The van der Waals surface area contributed by atoms with Crippen molar-refractivity contribution in [1.82, 2.24) is 4.90 Å². The van der Waals surface area contributed by atoms with E-state index in [0.717, 1.165) is 22.5 Å². The van der Waals surface area contributed by atoms with Gasteiger partial charge in [-0.25, -0.2) is 0 Å². The standard InChI is InChI=1S/C31H33N3O4S/c1-20-10-7-11-21(2)25(20)33-17-9-15-31-24(28(37)34(18-19-35)26(31)29(33)38)23-27(36)32(22-12-5-4-6-13-22)16-8-14-30(23,3)39-31/h4-15,23-24,26,35H,16-19H2,1-3H3/t23-,24-,26?,30+,31-/m0/s1. The van der Waals surface area contributed by atoms with Gasteiger partial charge in [-0.05, 0) is 44.0 Å². The van der Waals surface area contributed by atoms with Crippen molar-refractivity contribution in [3.63, 3.8) is 0 Å². The van der Waals surface area contributed by atoms with E-state index in [-0.39, 0.29) is 30.9 Å². The predicted molar refractivity (Wildman–Crippen MR) is 154 cm³/mol. The lowest BCUT2D eigenvalue weighted by atomic mass is 9.74. The highest BCUT2D eigenvalue weighted by atomic mass is 32.2. The minimum absolute atomic E-state index is 0.0400. The molecule has 3 amide bonds. The fraction of sp³-hybridized carbons (Fsp3) is 0.387. The van der Waals surface area contributed by atoms with E-state index >= 15 is 0 Å². The molecule has 2 aromatic carbocycles. The maximum Gasteiger partial charge on any atom is 0.251 e. The largest absolute Gasteiger partial charge is 0.395 e. The Balaban J connectivity index is 1.49. The molecule has 2 fully saturated rings. The molecule has 1 spiro atoms. The van der Waals surface area contributed by atoms with E-state index < -0.39 is 27.4 Å². The Bertz CT molecular complexity index is 1390. The van der Waals surface area contributed by atoms with E-state index in [1.807, 2.05) is 87.5 Å². The third-order valence-corrected chi connectivity index (χ3v) is 10.5. The number of anilines is 2. The Morgan fingerprint density at radius 1 is 0.846 bits per heavy atom. The van der Waals surface area contributed by atoms with E-state index in [0.29, 0.717) is 13.1 Å². The number of carbonyl (C=O) groups is 3. The number of β-amino-alcohol motifs (C(OH)–C–C–N with tert-alkyl or cyclic N) is 1. The molecule has 4 aliphatic heterocycles. The van der Waals surface area contributed by atoms with Crippen LogP contribution in [0.15, 0.2) is 72.8 Å².